The number of nitrogen functional groups attached to an aromatic ring is 1. The minimum atomic E-state index is 0.152. The van der Waals surface area contributed by atoms with Crippen molar-refractivity contribution in [1.29, 1.82) is 0 Å². The Kier molecular flexibility index (Phi) is 4.74. The van der Waals surface area contributed by atoms with Crippen LogP contribution < -0.4 is 5.73 Å². The monoisotopic (exact) mass is 294 g/mol. The van der Waals surface area contributed by atoms with Crippen LogP contribution in [0.25, 0.3) is 0 Å². The van der Waals surface area contributed by atoms with Crippen LogP contribution in [0.3, 0.4) is 0 Å². The van der Waals surface area contributed by atoms with Crippen molar-refractivity contribution in [1.82, 2.24) is 4.90 Å². The van der Waals surface area contributed by atoms with Gasteiger partial charge < -0.3 is 10.6 Å². The summed E-state index contributed by atoms with van der Waals surface area (Å²) in [4.78, 5) is 16.0. The van der Waals surface area contributed by atoms with Crippen LogP contribution in [0, 0.1) is 5.92 Å². The van der Waals surface area contributed by atoms with Crippen molar-refractivity contribution in [3.05, 3.63) is 16.0 Å². The third kappa shape index (κ3) is 3.00. The SMILES string of the molecule is CC(C)Cc1c(C(C)C)sc(N)c1C(=O)N1CCCC1. The summed E-state index contributed by atoms with van der Waals surface area (Å²) in [5, 5.41) is 0.709. The maximum atomic E-state index is 12.8. The normalized spacial score (nSPS) is 15.6. The lowest BCUT2D eigenvalue weighted by Gasteiger charge is -2.18. The average Bonchev–Trinajstić information content (AvgIpc) is 2.96. The number of carbonyl (C=O) groups is 1. The summed E-state index contributed by atoms with van der Waals surface area (Å²) in [6.07, 6.45) is 3.18. The number of hydrogen-bond acceptors (Lipinski definition) is 3. The van der Waals surface area contributed by atoms with Crippen LogP contribution in [-0.2, 0) is 6.42 Å². The van der Waals surface area contributed by atoms with Gasteiger partial charge in [-0.2, -0.15) is 0 Å². The number of rotatable bonds is 4. The molecule has 1 amide bonds. The molecular weight excluding hydrogens is 268 g/mol. The topological polar surface area (TPSA) is 46.3 Å². The lowest BCUT2D eigenvalue weighted by molar-refractivity contribution is 0.0793. The molecule has 3 nitrogen and oxygen atoms in total. The summed E-state index contributed by atoms with van der Waals surface area (Å²) in [6, 6.07) is 0. The summed E-state index contributed by atoms with van der Waals surface area (Å²) in [6.45, 7) is 10.5. The summed E-state index contributed by atoms with van der Waals surface area (Å²) in [5.41, 5.74) is 8.20. The van der Waals surface area contributed by atoms with Crippen molar-refractivity contribution >= 4 is 22.2 Å². The number of anilines is 1. The van der Waals surface area contributed by atoms with Crippen molar-refractivity contribution in [2.75, 3.05) is 18.8 Å². The van der Waals surface area contributed by atoms with Crippen molar-refractivity contribution in [2.24, 2.45) is 5.92 Å². The van der Waals surface area contributed by atoms with Crippen molar-refractivity contribution in [3.8, 4) is 0 Å². The molecule has 0 spiro atoms. The molecule has 2 N–H and O–H groups in total. The largest absolute Gasteiger partial charge is 0.390 e. The quantitative estimate of drug-likeness (QED) is 0.915. The third-order valence-electron chi connectivity index (χ3n) is 3.81. The second-order valence-corrected chi connectivity index (χ2v) is 7.52. The molecule has 2 rings (SSSR count). The zero-order valence-electron chi connectivity index (χ0n) is 13.0. The minimum absolute atomic E-state index is 0.152. The Balaban J connectivity index is 2.41. The van der Waals surface area contributed by atoms with Crippen molar-refractivity contribution in [2.45, 2.75) is 52.9 Å². The maximum absolute atomic E-state index is 12.8. The van der Waals surface area contributed by atoms with Gasteiger partial charge in [-0.1, -0.05) is 27.7 Å². The standard InChI is InChI=1S/C16H26N2OS/c1-10(2)9-12-13(15(17)20-14(12)11(3)4)16(19)18-7-5-6-8-18/h10-11H,5-9,17H2,1-4H3. The molecule has 20 heavy (non-hydrogen) atoms. The lowest BCUT2D eigenvalue weighted by atomic mass is 9.95. The first-order valence-electron chi connectivity index (χ1n) is 7.62. The van der Waals surface area contributed by atoms with Crippen LogP contribution >= 0.6 is 11.3 Å². The van der Waals surface area contributed by atoms with Gasteiger partial charge in [-0.3, -0.25) is 4.79 Å². The Labute approximate surface area is 126 Å². The van der Waals surface area contributed by atoms with Crippen LogP contribution in [0.15, 0.2) is 0 Å². The number of hydrogen-bond donors (Lipinski definition) is 1. The minimum Gasteiger partial charge on any atom is -0.390 e. The smallest absolute Gasteiger partial charge is 0.257 e. The average molecular weight is 294 g/mol. The molecule has 2 heterocycles. The van der Waals surface area contributed by atoms with Gasteiger partial charge >= 0.3 is 0 Å². The van der Waals surface area contributed by atoms with Gasteiger partial charge in [0, 0.05) is 18.0 Å². The summed E-state index contributed by atoms with van der Waals surface area (Å²) >= 11 is 1.61. The molecule has 1 fully saturated rings. The fourth-order valence-electron chi connectivity index (χ4n) is 2.89. The van der Waals surface area contributed by atoms with Gasteiger partial charge in [0.1, 0.15) is 0 Å². The van der Waals surface area contributed by atoms with E-state index in [1.807, 2.05) is 4.90 Å². The van der Waals surface area contributed by atoms with Crippen molar-refractivity contribution < 1.29 is 4.79 Å². The maximum Gasteiger partial charge on any atom is 0.257 e. The van der Waals surface area contributed by atoms with Gasteiger partial charge in [0.05, 0.1) is 10.6 Å². The first-order valence-corrected chi connectivity index (χ1v) is 8.43. The number of nitrogens with zero attached hydrogens (tertiary/aromatic N) is 1. The Morgan fingerprint density at radius 1 is 1.25 bits per heavy atom. The fraction of sp³-hybridized carbons (Fsp3) is 0.688. The first-order chi connectivity index (χ1) is 9.41. The zero-order chi connectivity index (χ0) is 14.9. The molecule has 4 heteroatoms. The predicted molar refractivity (Wildman–Crippen MR) is 86.5 cm³/mol. The van der Waals surface area contributed by atoms with E-state index in [9.17, 15) is 4.79 Å². The molecule has 0 radical (unpaired) electrons. The summed E-state index contributed by atoms with van der Waals surface area (Å²) in [5.74, 6) is 1.11. The summed E-state index contributed by atoms with van der Waals surface area (Å²) < 4.78 is 0. The number of likely N-dealkylation sites (tertiary alicyclic amines) is 1. The molecule has 1 aromatic rings. The Bertz CT molecular complexity index is 485. The van der Waals surface area contributed by atoms with E-state index < -0.39 is 0 Å². The fourth-order valence-corrected chi connectivity index (χ4v) is 3.99. The van der Waals surface area contributed by atoms with Gasteiger partial charge in [-0.15, -0.1) is 11.3 Å². The van der Waals surface area contributed by atoms with Gasteiger partial charge in [0.15, 0.2) is 0 Å². The first kappa shape index (κ1) is 15.4. The molecule has 0 saturated carbocycles. The van der Waals surface area contributed by atoms with Crippen LogP contribution in [0.1, 0.15) is 67.3 Å². The van der Waals surface area contributed by atoms with Crippen LogP contribution in [0.5, 0.6) is 0 Å². The second kappa shape index (κ2) is 6.17. The Morgan fingerprint density at radius 3 is 2.35 bits per heavy atom. The Morgan fingerprint density at radius 2 is 1.85 bits per heavy atom. The molecule has 1 aromatic heterocycles. The van der Waals surface area contributed by atoms with E-state index in [2.05, 4.69) is 27.7 Å². The van der Waals surface area contributed by atoms with E-state index in [1.54, 1.807) is 11.3 Å². The van der Waals surface area contributed by atoms with E-state index in [4.69, 9.17) is 5.73 Å². The molecule has 0 bridgehead atoms. The lowest BCUT2D eigenvalue weighted by Crippen LogP contribution is -2.29. The molecule has 1 saturated heterocycles. The van der Waals surface area contributed by atoms with Gasteiger partial charge in [0.25, 0.3) is 5.91 Å². The number of carbonyl (C=O) groups excluding carboxylic acids is 1. The van der Waals surface area contributed by atoms with Crippen molar-refractivity contribution in [3.63, 3.8) is 0 Å². The number of thiophene rings is 1. The van der Waals surface area contributed by atoms with Gasteiger partial charge in [-0.05, 0) is 36.7 Å². The predicted octanol–water partition coefficient (Wildman–Crippen LogP) is 3.89. The highest BCUT2D eigenvalue weighted by Gasteiger charge is 2.28. The zero-order valence-corrected chi connectivity index (χ0v) is 13.8. The third-order valence-corrected chi connectivity index (χ3v) is 5.17. The van der Waals surface area contributed by atoms with E-state index in [0.29, 0.717) is 16.8 Å². The number of nitrogens with two attached hydrogens (primary N) is 1. The van der Waals surface area contributed by atoms with Crippen LogP contribution in [0.4, 0.5) is 5.00 Å². The van der Waals surface area contributed by atoms with E-state index in [1.165, 1.54) is 10.4 Å². The molecule has 0 atom stereocenters. The number of amides is 1. The Hall–Kier alpha value is -1.03. The van der Waals surface area contributed by atoms with Gasteiger partial charge in [0.2, 0.25) is 0 Å². The van der Waals surface area contributed by atoms with Crippen LogP contribution in [0.2, 0.25) is 0 Å². The van der Waals surface area contributed by atoms with E-state index in [-0.39, 0.29) is 5.91 Å². The highest BCUT2D eigenvalue weighted by atomic mass is 32.1. The second-order valence-electron chi connectivity index (χ2n) is 6.44. The molecular formula is C16H26N2OS. The highest BCUT2D eigenvalue weighted by molar-refractivity contribution is 7.16. The van der Waals surface area contributed by atoms with E-state index >= 15 is 0 Å². The molecule has 1 aliphatic rings. The van der Waals surface area contributed by atoms with Crippen LogP contribution in [-0.4, -0.2) is 23.9 Å². The molecule has 0 aliphatic carbocycles. The van der Waals surface area contributed by atoms with E-state index in [0.717, 1.165) is 37.9 Å². The highest BCUT2D eigenvalue weighted by Crippen LogP contribution is 2.38. The molecule has 0 aromatic carbocycles. The summed E-state index contributed by atoms with van der Waals surface area (Å²) in [7, 11) is 0. The molecule has 1 aliphatic heterocycles. The molecule has 112 valence electrons. The van der Waals surface area contributed by atoms with Gasteiger partial charge in [-0.25, -0.2) is 0 Å². The molecule has 0 unspecified atom stereocenters.